The van der Waals surface area contributed by atoms with Crippen molar-refractivity contribution in [3.05, 3.63) is 58.4 Å². The molecule has 5 rings (SSSR count). The van der Waals surface area contributed by atoms with Gasteiger partial charge in [0.05, 0.1) is 40.5 Å². The van der Waals surface area contributed by atoms with E-state index in [9.17, 15) is 41.4 Å². The number of aliphatic hydroxyl groups is 2. The third-order valence-electron chi connectivity index (χ3n) is 8.07. The third kappa shape index (κ3) is 5.39. The fourth-order valence-electron chi connectivity index (χ4n) is 6.00. The zero-order valence-electron chi connectivity index (χ0n) is 21.0. The van der Waals surface area contributed by atoms with Gasteiger partial charge in [0.2, 0.25) is 0 Å². The Hall–Kier alpha value is -2.87. The number of benzene rings is 2. The maximum atomic E-state index is 13.7. The van der Waals surface area contributed by atoms with Gasteiger partial charge in [-0.15, -0.1) is 0 Å². The molecule has 216 valence electrons. The van der Waals surface area contributed by atoms with Crippen LogP contribution in [0.15, 0.2) is 35.2 Å². The number of anilines is 1. The molecular formula is C26H27ClF3N3O6S. The van der Waals surface area contributed by atoms with Crippen molar-refractivity contribution >= 4 is 39.1 Å². The molecule has 2 aliphatic carbocycles. The van der Waals surface area contributed by atoms with E-state index in [-0.39, 0.29) is 65.0 Å². The van der Waals surface area contributed by atoms with Crippen LogP contribution in [-0.4, -0.2) is 72.1 Å². The number of likely N-dealkylation sites (tertiary alicyclic amines) is 1. The number of rotatable bonds is 5. The van der Waals surface area contributed by atoms with Crippen LogP contribution in [0.3, 0.4) is 0 Å². The average molecular weight is 602 g/mol. The van der Waals surface area contributed by atoms with Crippen LogP contribution in [0.1, 0.15) is 36.0 Å². The lowest BCUT2D eigenvalue weighted by molar-refractivity contribution is 0.0572. The second kappa shape index (κ2) is 10.8. The lowest BCUT2D eigenvalue weighted by atomic mass is 9.84. The summed E-state index contributed by atoms with van der Waals surface area (Å²) in [6.07, 6.45) is -0.0685. The van der Waals surface area contributed by atoms with Gasteiger partial charge in [0, 0.05) is 29.4 Å². The van der Waals surface area contributed by atoms with Crippen molar-refractivity contribution in [2.45, 2.75) is 54.1 Å². The number of aliphatic hydroxyl groups excluding tert-OH is 2. The van der Waals surface area contributed by atoms with Crippen LogP contribution in [0.4, 0.5) is 23.7 Å². The standard InChI is InChI=1S/C26H27ClF3N3O6S/c27-17-4-3-14(25(36)31-15-8-18(28)23(30)19(29)9-15)7-22(17)40(38,39)16-5-12-1-2-13(6-16)24(12)32-26(37)33-10-20(34)21(35)11-33/h3-4,7-9,12-13,16,20-21,24,34-35H,1-2,5-6,10-11H2,(H,31,36)(H,32,37)/t12-,13?,16-,20?,21?,24+/m0/s1. The highest BCUT2D eigenvalue weighted by atomic mass is 35.5. The number of carbonyl (C=O) groups excluding carboxylic acids is 2. The monoisotopic (exact) mass is 601 g/mol. The summed E-state index contributed by atoms with van der Waals surface area (Å²) in [5.74, 6) is -5.78. The predicted octanol–water partition coefficient (Wildman–Crippen LogP) is 3.09. The molecule has 2 aromatic carbocycles. The highest BCUT2D eigenvalue weighted by molar-refractivity contribution is 7.92. The summed E-state index contributed by atoms with van der Waals surface area (Å²) in [5.41, 5.74) is -0.484. The molecule has 0 radical (unpaired) electrons. The first-order valence-electron chi connectivity index (χ1n) is 12.8. The largest absolute Gasteiger partial charge is 0.388 e. The number of fused-ring (bicyclic) bond motifs is 2. The molecule has 14 heteroatoms. The van der Waals surface area contributed by atoms with Crippen LogP contribution in [-0.2, 0) is 9.84 Å². The molecule has 2 saturated carbocycles. The van der Waals surface area contributed by atoms with E-state index in [0.29, 0.717) is 25.0 Å². The SMILES string of the molecule is O=C(Nc1cc(F)c(F)c(F)c1)c1ccc(Cl)c(S(=O)(=O)[C@@H]2CC3CC[C@@H](C2)[C@H]3NC(=O)N2CC(O)C(O)C2)c1. The predicted molar refractivity (Wildman–Crippen MR) is 138 cm³/mol. The lowest BCUT2D eigenvalue weighted by Crippen LogP contribution is -2.51. The van der Waals surface area contributed by atoms with Crippen LogP contribution in [0, 0.1) is 29.3 Å². The Labute approximate surface area is 233 Å². The normalized spacial score (nSPS) is 28.0. The van der Waals surface area contributed by atoms with Gasteiger partial charge in [0.15, 0.2) is 27.3 Å². The Balaban J connectivity index is 1.30. The van der Waals surface area contributed by atoms with E-state index in [4.69, 9.17) is 11.6 Å². The van der Waals surface area contributed by atoms with Gasteiger partial charge < -0.3 is 25.7 Å². The van der Waals surface area contributed by atoms with Gasteiger partial charge in [-0.1, -0.05) is 11.6 Å². The third-order valence-corrected chi connectivity index (χ3v) is 10.7. The van der Waals surface area contributed by atoms with E-state index >= 15 is 0 Å². The summed E-state index contributed by atoms with van der Waals surface area (Å²) in [4.78, 5) is 26.5. The second-order valence-electron chi connectivity index (χ2n) is 10.6. The summed E-state index contributed by atoms with van der Waals surface area (Å²) in [6.45, 7) is 0.0268. The molecule has 3 unspecified atom stereocenters. The summed E-state index contributed by atoms with van der Waals surface area (Å²) in [6, 6.07) is 4.14. The number of carbonyl (C=O) groups is 2. The molecule has 40 heavy (non-hydrogen) atoms. The second-order valence-corrected chi connectivity index (χ2v) is 13.2. The van der Waals surface area contributed by atoms with E-state index in [1.807, 2.05) is 0 Å². The Bertz CT molecular complexity index is 1410. The van der Waals surface area contributed by atoms with Crippen molar-refractivity contribution in [2.75, 3.05) is 18.4 Å². The van der Waals surface area contributed by atoms with E-state index < -0.39 is 56.7 Å². The number of halogens is 4. The molecule has 3 amide bonds. The zero-order valence-corrected chi connectivity index (χ0v) is 22.6. The number of nitrogens with zero attached hydrogens (tertiary/aromatic N) is 1. The van der Waals surface area contributed by atoms with Crippen molar-refractivity contribution in [1.82, 2.24) is 10.2 Å². The summed E-state index contributed by atoms with van der Waals surface area (Å²) < 4.78 is 67.7. The fraction of sp³-hybridized carbons (Fsp3) is 0.462. The van der Waals surface area contributed by atoms with Crippen LogP contribution in [0.2, 0.25) is 5.02 Å². The first-order chi connectivity index (χ1) is 18.8. The van der Waals surface area contributed by atoms with Gasteiger partial charge in [0.1, 0.15) is 0 Å². The van der Waals surface area contributed by atoms with Crippen LogP contribution in [0.5, 0.6) is 0 Å². The van der Waals surface area contributed by atoms with E-state index in [2.05, 4.69) is 10.6 Å². The minimum Gasteiger partial charge on any atom is -0.388 e. The van der Waals surface area contributed by atoms with Gasteiger partial charge in [-0.3, -0.25) is 4.79 Å². The van der Waals surface area contributed by atoms with Crippen molar-refractivity contribution in [3.63, 3.8) is 0 Å². The van der Waals surface area contributed by atoms with E-state index in [1.165, 1.54) is 17.0 Å². The first kappa shape index (κ1) is 28.7. The van der Waals surface area contributed by atoms with Crippen LogP contribution < -0.4 is 10.6 Å². The van der Waals surface area contributed by atoms with Crippen LogP contribution >= 0.6 is 11.6 Å². The molecule has 1 saturated heterocycles. The minimum atomic E-state index is -4.02. The van der Waals surface area contributed by atoms with Crippen molar-refractivity contribution in [1.29, 1.82) is 0 Å². The molecule has 0 aromatic heterocycles. The van der Waals surface area contributed by atoms with E-state index in [0.717, 1.165) is 6.07 Å². The Morgan fingerprint density at radius 2 is 1.52 bits per heavy atom. The molecule has 4 N–H and O–H groups in total. The quantitative estimate of drug-likeness (QED) is 0.389. The van der Waals surface area contributed by atoms with Gasteiger partial charge in [-0.25, -0.2) is 26.4 Å². The Morgan fingerprint density at radius 3 is 2.10 bits per heavy atom. The molecule has 6 atom stereocenters. The number of amides is 3. The van der Waals surface area contributed by atoms with Crippen molar-refractivity contribution in [3.8, 4) is 0 Å². The highest BCUT2D eigenvalue weighted by Gasteiger charge is 2.48. The molecule has 1 aliphatic heterocycles. The molecule has 1 heterocycles. The van der Waals surface area contributed by atoms with Gasteiger partial charge in [-0.2, -0.15) is 0 Å². The summed E-state index contributed by atoms with van der Waals surface area (Å²) >= 11 is 6.25. The molecule has 3 aliphatic rings. The number of hydrogen-bond donors (Lipinski definition) is 4. The lowest BCUT2D eigenvalue weighted by Gasteiger charge is -2.36. The van der Waals surface area contributed by atoms with Crippen molar-refractivity contribution in [2.24, 2.45) is 11.8 Å². The van der Waals surface area contributed by atoms with E-state index in [1.54, 1.807) is 0 Å². The zero-order chi connectivity index (χ0) is 28.9. The molecule has 2 bridgehead atoms. The summed E-state index contributed by atoms with van der Waals surface area (Å²) in [5, 5.41) is 23.7. The highest BCUT2D eigenvalue weighted by Crippen LogP contribution is 2.46. The minimum absolute atomic E-state index is 0.0134. The molecule has 0 spiro atoms. The Morgan fingerprint density at radius 1 is 0.950 bits per heavy atom. The average Bonchev–Trinajstić information content (AvgIpc) is 3.34. The van der Waals surface area contributed by atoms with Gasteiger partial charge in [0.25, 0.3) is 5.91 Å². The maximum Gasteiger partial charge on any atom is 0.317 e. The molecule has 2 aromatic rings. The fourth-order valence-corrected chi connectivity index (χ4v) is 8.44. The number of sulfone groups is 1. The maximum absolute atomic E-state index is 13.7. The van der Waals surface area contributed by atoms with Gasteiger partial charge in [-0.05, 0) is 55.7 Å². The molecular weight excluding hydrogens is 575 g/mol. The molecule has 9 nitrogen and oxygen atoms in total. The topological polar surface area (TPSA) is 136 Å². The van der Waals surface area contributed by atoms with Crippen LogP contribution in [0.25, 0.3) is 0 Å². The Kier molecular flexibility index (Phi) is 7.77. The number of β-amino-alcohol motifs (C(OH)–C–C–N with tert-alkyl or cyclic N) is 2. The number of urea groups is 1. The molecule has 3 fully saturated rings. The number of hydrogen-bond acceptors (Lipinski definition) is 6. The first-order valence-corrected chi connectivity index (χ1v) is 14.7. The smallest absolute Gasteiger partial charge is 0.317 e. The summed E-state index contributed by atoms with van der Waals surface area (Å²) in [7, 11) is -4.02. The number of nitrogens with one attached hydrogen (secondary N) is 2. The van der Waals surface area contributed by atoms with Gasteiger partial charge >= 0.3 is 6.03 Å². The van der Waals surface area contributed by atoms with Crippen molar-refractivity contribution < 1.29 is 41.4 Å².